The number of halogens is 2. The molecule has 30 heavy (non-hydrogen) atoms. The zero-order valence-corrected chi connectivity index (χ0v) is 16.3. The van der Waals surface area contributed by atoms with Crippen LogP contribution in [-0.2, 0) is 10.0 Å². The first-order chi connectivity index (χ1) is 14.3. The predicted octanol–water partition coefficient (Wildman–Crippen LogP) is 2.93. The van der Waals surface area contributed by atoms with Crippen molar-refractivity contribution in [3.63, 3.8) is 0 Å². The maximum absolute atomic E-state index is 14.0. The molecule has 0 radical (unpaired) electrons. The normalized spacial score (nSPS) is 15.5. The zero-order chi connectivity index (χ0) is 21.5. The highest BCUT2D eigenvalue weighted by molar-refractivity contribution is 7.89. The number of nitro benzene ring substituents is 1. The van der Waals surface area contributed by atoms with E-state index in [1.54, 1.807) is 12.1 Å². The van der Waals surface area contributed by atoms with E-state index in [1.165, 1.54) is 18.5 Å². The van der Waals surface area contributed by atoms with Crippen molar-refractivity contribution in [1.29, 1.82) is 0 Å². The fraction of sp³-hybridized carbons (Fsp3) is 0.211. The van der Waals surface area contributed by atoms with E-state index in [1.807, 2.05) is 4.90 Å². The number of hydrogen-bond donors (Lipinski definition) is 0. The van der Waals surface area contributed by atoms with Crippen molar-refractivity contribution >= 4 is 32.2 Å². The Morgan fingerprint density at radius 1 is 1.00 bits per heavy atom. The molecule has 0 N–H and O–H groups in total. The Hall–Kier alpha value is -3.18. The Bertz CT molecular complexity index is 1240. The summed E-state index contributed by atoms with van der Waals surface area (Å²) >= 11 is 0. The third-order valence-corrected chi connectivity index (χ3v) is 6.97. The highest BCUT2D eigenvalue weighted by Gasteiger charge is 2.31. The van der Waals surface area contributed by atoms with E-state index in [0.717, 1.165) is 16.4 Å². The summed E-state index contributed by atoms with van der Waals surface area (Å²) in [6.45, 7) is 0.681. The van der Waals surface area contributed by atoms with Gasteiger partial charge in [0.05, 0.1) is 10.3 Å². The van der Waals surface area contributed by atoms with E-state index in [0.29, 0.717) is 22.5 Å². The Balaban J connectivity index is 1.61. The third kappa shape index (κ3) is 3.46. The maximum atomic E-state index is 14.0. The average Bonchev–Trinajstić information content (AvgIpc) is 2.74. The monoisotopic (exact) mass is 434 g/mol. The maximum Gasteiger partial charge on any atom is 0.278 e. The van der Waals surface area contributed by atoms with Gasteiger partial charge >= 0.3 is 0 Å². The molecule has 1 aliphatic rings. The van der Waals surface area contributed by atoms with Gasteiger partial charge in [-0.15, -0.1) is 0 Å². The zero-order valence-electron chi connectivity index (χ0n) is 15.5. The van der Waals surface area contributed by atoms with Crippen LogP contribution in [0.15, 0.2) is 53.7 Å². The summed E-state index contributed by atoms with van der Waals surface area (Å²) in [7, 11) is -4.19. The van der Waals surface area contributed by atoms with E-state index < -0.39 is 31.5 Å². The fourth-order valence-electron chi connectivity index (χ4n) is 3.58. The van der Waals surface area contributed by atoms with E-state index in [-0.39, 0.29) is 31.9 Å². The van der Waals surface area contributed by atoms with Crippen molar-refractivity contribution in [3.05, 3.63) is 70.5 Å². The number of anilines is 1. The molecule has 0 amide bonds. The molecule has 1 fully saturated rings. The smallest absolute Gasteiger partial charge is 0.278 e. The lowest BCUT2D eigenvalue weighted by Gasteiger charge is -2.35. The average molecular weight is 434 g/mol. The highest BCUT2D eigenvalue weighted by Crippen LogP contribution is 2.34. The number of non-ortho nitro benzene ring substituents is 1. The van der Waals surface area contributed by atoms with Crippen LogP contribution in [-0.4, -0.2) is 48.8 Å². The van der Waals surface area contributed by atoms with Gasteiger partial charge in [-0.2, -0.15) is 4.31 Å². The van der Waals surface area contributed by atoms with Gasteiger partial charge in [0.15, 0.2) is 0 Å². The second kappa shape index (κ2) is 7.58. The molecule has 1 aliphatic heterocycles. The van der Waals surface area contributed by atoms with Gasteiger partial charge in [0.2, 0.25) is 10.0 Å². The summed E-state index contributed by atoms with van der Waals surface area (Å²) in [5.74, 6) is -1.84. The van der Waals surface area contributed by atoms with Crippen LogP contribution in [0, 0.1) is 21.7 Å². The molecule has 0 aliphatic carbocycles. The number of benzene rings is 2. The summed E-state index contributed by atoms with van der Waals surface area (Å²) < 4.78 is 54.1. The first-order valence-electron chi connectivity index (χ1n) is 9.00. The number of hydrogen-bond acceptors (Lipinski definition) is 6. The van der Waals surface area contributed by atoms with Gasteiger partial charge in [-0.05, 0) is 30.3 Å². The number of nitrogens with zero attached hydrogens (tertiary/aromatic N) is 4. The van der Waals surface area contributed by atoms with Gasteiger partial charge in [0, 0.05) is 55.7 Å². The Labute approximate surface area is 170 Å². The van der Waals surface area contributed by atoms with Gasteiger partial charge in [-0.1, -0.05) is 0 Å². The topological polar surface area (TPSA) is 96.6 Å². The van der Waals surface area contributed by atoms with Crippen LogP contribution in [0.4, 0.5) is 20.2 Å². The minimum absolute atomic E-state index is 0.0574. The lowest BCUT2D eigenvalue weighted by molar-refractivity contribution is -0.383. The van der Waals surface area contributed by atoms with Crippen LogP contribution in [0.5, 0.6) is 0 Å². The van der Waals surface area contributed by atoms with Gasteiger partial charge in [0.25, 0.3) is 5.69 Å². The van der Waals surface area contributed by atoms with Crippen LogP contribution < -0.4 is 4.90 Å². The molecule has 0 saturated carbocycles. The molecule has 156 valence electrons. The van der Waals surface area contributed by atoms with Crippen LogP contribution in [0.25, 0.3) is 10.8 Å². The van der Waals surface area contributed by atoms with Crippen molar-refractivity contribution in [3.8, 4) is 0 Å². The number of pyridine rings is 1. The Morgan fingerprint density at radius 3 is 2.43 bits per heavy atom. The first-order valence-corrected chi connectivity index (χ1v) is 10.4. The highest BCUT2D eigenvalue weighted by atomic mass is 32.2. The summed E-state index contributed by atoms with van der Waals surface area (Å²) in [5, 5.41) is 12.3. The Morgan fingerprint density at radius 2 is 1.73 bits per heavy atom. The van der Waals surface area contributed by atoms with E-state index in [4.69, 9.17) is 0 Å². The fourth-order valence-corrected chi connectivity index (χ4v) is 5.08. The summed E-state index contributed by atoms with van der Waals surface area (Å²) in [6, 6.07) is 7.01. The van der Waals surface area contributed by atoms with Gasteiger partial charge in [-0.25, -0.2) is 17.2 Å². The molecule has 0 spiro atoms. The minimum atomic E-state index is -4.19. The van der Waals surface area contributed by atoms with Crippen LogP contribution >= 0.6 is 0 Å². The van der Waals surface area contributed by atoms with Gasteiger partial charge in [-0.3, -0.25) is 15.1 Å². The lowest BCUT2D eigenvalue weighted by atomic mass is 10.1. The minimum Gasteiger partial charge on any atom is -0.368 e. The van der Waals surface area contributed by atoms with E-state index in [9.17, 15) is 27.3 Å². The largest absolute Gasteiger partial charge is 0.368 e. The van der Waals surface area contributed by atoms with Gasteiger partial charge < -0.3 is 4.90 Å². The standard InChI is InChI=1S/C19H16F2N4O4S/c20-13-1-2-16(21)19(11-13)30(28,29)24-9-7-23(8-10-24)17-3-4-18(25(26)27)15-12-22-6-5-14(15)17/h1-6,11-12H,7-10H2. The molecule has 3 aromatic rings. The molecule has 0 bridgehead atoms. The summed E-state index contributed by atoms with van der Waals surface area (Å²) in [4.78, 5) is 16.0. The van der Waals surface area contributed by atoms with E-state index in [2.05, 4.69) is 4.98 Å². The first kappa shape index (κ1) is 20.1. The van der Waals surface area contributed by atoms with Crippen LogP contribution in [0.1, 0.15) is 0 Å². The molecular formula is C19H16F2N4O4S. The molecule has 1 aromatic heterocycles. The summed E-state index contributed by atoms with van der Waals surface area (Å²) in [6.07, 6.45) is 2.95. The molecular weight excluding hydrogens is 418 g/mol. The SMILES string of the molecule is O=[N+]([O-])c1ccc(N2CCN(S(=O)(=O)c3cc(F)ccc3F)CC2)c2ccncc12. The number of aromatic nitrogens is 1. The van der Waals surface area contributed by atoms with Crippen molar-refractivity contribution in [2.75, 3.05) is 31.1 Å². The number of fused-ring (bicyclic) bond motifs is 1. The Kier molecular flexibility index (Phi) is 5.08. The second-order valence-corrected chi connectivity index (χ2v) is 8.65. The molecule has 8 nitrogen and oxygen atoms in total. The molecule has 0 unspecified atom stereocenters. The van der Waals surface area contributed by atoms with Crippen molar-refractivity contribution < 1.29 is 22.1 Å². The van der Waals surface area contributed by atoms with Crippen molar-refractivity contribution in [2.24, 2.45) is 0 Å². The number of rotatable bonds is 4. The van der Waals surface area contributed by atoms with Crippen LogP contribution in [0.3, 0.4) is 0 Å². The summed E-state index contributed by atoms with van der Waals surface area (Å²) in [5.41, 5.74) is 0.650. The lowest BCUT2D eigenvalue weighted by Crippen LogP contribution is -2.48. The predicted molar refractivity (Wildman–Crippen MR) is 106 cm³/mol. The molecule has 1 saturated heterocycles. The number of nitro groups is 1. The molecule has 2 aromatic carbocycles. The number of piperazine rings is 1. The van der Waals surface area contributed by atoms with Crippen LogP contribution in [0.2, 0.25) is 0 Å². The van der Waals surface area contributed by atoms with Crippen molar-refractivity contribution in [1.82, 2.24) is 9.29 Å². The third-order valence-electron chi connectivity index (χ3n) is 5.06. The molecule has 4 rings (SSSR count). The van der Waals surface area contributed by atoms with Crippen molar-refractivity contribution in [2.45, 2.75) is 4.90 Å². The second-order valence-electron chi connectivity index (χ2n) is 6.75. The number of sulfonamides is 1. The quantitative estimate of drug-likeness (QED) is 0.463. The van der Waals surface area contributed by atoms with E-state index >= 15 is 0 Å². The molecule has 2 heterocycles. The molecule has 11 heteroatoms. The van der Waals surface area contributed by atoms with Gasteiger partial charge in [0.1, 0.15) is 16.5 Å². The molecule has 0 atom stereocenters.